The van der Waals surface area contributed by atoms with Crippen LogP contribution < -0.4 is 10.2 Å². The average Bonchev–Trinajstić information content (AvgIpc) is 3.05. The topological polar surface area (TPSA) is 136 Å². The summed E-state index contributed by atoms with van der Waals surface area (Å²) in [4.78, 5) is 58.2. The van der Waals surface area contributed by atoms with Crippen molar-refractivity contribution in [2.75, 3.05) is 16.8 Å². The summed E-state index contributed by atoms with van der Waals surface area (Å²) in [5.41, 5.74) is -0.425. The molecule has 11 heteroatoms. The van der Waals surface area contributed by atoms with Crippen LogP contribution in [0.25, 0.3) is 0 Å². The quantitative estimate of drug-likeness (QED) is 0.330. The first-order valence-electron chi connectivity index (χ1n) is 8.63. The van der Waals surface area contributed by atoms with E-state index in [2.05, 4.69) is 5.32 Å². The average molecular weight is 415 g/mol. The number of imide groups is 1. The van der Waals surface area contributed by atoms with Gasteiger partial charge in [-0.05, 0) is 36.4 Å². The Balaban J connectivity index is 1.57. The highest BCUT2D eigenvalue weighted by atomic mass is 19.1. The molecule has 154 valence electrons. The third kappa shape index (κ3) is 4.46. The molecule has 30 heavy (non-hydrogen) atoms. The molecule has 1 aliphatic heterocycles. The molecule has 0 aliphatic carbocycles. The van der Waals surface area contributed by atoms with Crippen LogP contribution in [0.15, 0.2) is 42.5 Å². The van der Waals surface area contributed by atoms with E-state index in [4.69, 9.17) is 4.74 Å². The number of ether oxygens (including phenoxy) is 1. The molecule has 2 aromatic rings. The molecule has 1 fully saturated rings. The number of carbonyl (C=O) groups excluding carboxylic acids is 4. The number of benzene rings is 2. The minimum Gasteiger partial charge on any atom is -0.452 e. The highest BCUT2D eigenvalue weighted by molar-refractivity contribution is 6.19. The second-order valence-corrected chi connectivity index (χ2v) is 6.22. The third-order valence-corrected chi connectivity index (χ3v) is 4.17. The maximum absolute atomic E-state index is 13.3. The van der Waals surface area contributed by atoms with Crippen LogP contribution in [0.1, 0.15) is 23.2 Å². The molecule has 2 aromatic carbocycles. The van der Waals surface area contributed by atoms with E-state index in [9.17, 15) is 33.7 Å². The Kier molecular flexibility index (Phi) is 5.81. The van der Waals surface area contributed by atoms with Gasteiger partial charge in [0.1, 0.15) is 0 Å². The predicted octanol–water partition coefficient (Wildman–Crippen LogP) is 2.18. The van der Waals surface area contributed by atoms with Crippen LogP contribution >= 0.6 is 0 Å². The maximum Gasteiger partial charge on any atom is 0.338 e. The summed E-state index contributed by atoms with van der Waals surface area (Å²) in [5.74, 6) is -3.32. The summed E-state index contributed by atoms with van der Waals surface area (Å²) >= 11 is 0. The summed E-state index contributed by atoms with van der Waals surface area (Å²) in [7, 11) is 0. The molecular weight excluding hydrogens is 401 g/mol. The lowest BCUT2D eigenvalue weighted by molar-refractivity contribution is -0.387. The summed E-state index contributed by atoms with van der Waals surface area (Å²) in [5, 5.41) is 13.0. The highest BCUT2D eigenvalue weighted by Crippen LogP contribution is 2.23. The van der Waals surface area contributed by atoms with E-state index in [1.54, 1.807) is 0 Å². The van der Waals surface area contributed by atoms with Gasteiger partial charge in [0.05, 0.1) is 16.2 Å². The molecule has 0 atom stereocenters. The Morgan fingerprint density at radius 1 is 1.10 bits per heavy atom. The SMILES string of the molecule is O=C(COC(=O)c1ccc(N2C(=O)CCC2=O)cc1)Nc1ccc(F)c([N+](=O)[O-])c1. The second kappa shape index (κ2) is 8.47. The zero-order valence-electron chi connectivity index (χ0n) is 15.3. The van der Waals surface area contributed by atoms with E-state index in [1.165, 1.54) is 24.3 Å². The molecule has 0 unspecified atom stereocenters. The van der Waals surface area contributed by atoms with Gasteiger partial charge in [-0.3, -0.25) is 29.4 Å². The van der Waals surface area contributed by atoms with Crippen molar-refractivity contribution in [3.8, 4) is 0 Å². The largest absolute Gasteiger partial charge is 0.452 e. The van der Waals surface area contributed by atoms with E-state index in [0.29, 0.717) is 5.69 Å². The Morgan fingerprint density at radius 3 is 2.33 bits per heavy atom. The number of esters is 1. The van der Waals surface area contributed by atoms with E-state index in [1.807, 2.05) is 0 Å². The van der Waals surface area contributed by atoms with Gasteiger partial charge < -0.3 is 10.1 Å². The Morgan fingerprint density at radius 2 is 1.73 bits per heavy atom. The van der Waals surface area contributed by atoms with Crippen LogP contribution in [0.4, 0.5) is 21.5 Å². The number of nitrogens with one attached hydrogen (secondary N) is 1. The summed E-state index contributed by atoms with van der Waals surface area (Å²) in [6, 6.07) is 8.31. The van der Waals surface area contributed by atoms with E-state index >= 15 is 0 Å². The van der Waals surface area contributed by atoms with Gasteiger partial charge in [0.25, 0.3) is 5.91 Å². The van der Waals surface area contributed by atoms with Crippen LogP contribution in [-0.2, 0) is 19.1 Å². The number of nitrogens with zero attached hydrogens (tertiary/aromatic N) is 2. The third-order valence-electron chi connectivity index (χ3n) is 4.17. The number of amides is 3. The van der Waals surface area contributed by atoms with Crippen LogP contribution in [0.3, 0.4) is 0 Å². The number of hydrogen-bond donors (Lipinski definition) is 1. The first-order chi connectivity index (χ1) is 14.3. The fraction of sp³-hybridized carbons (Fsp3) is 0.158. The molecule has 0 spiro atoms. The van der Waals surface area contributed by atoms with Gasteiger partial charge in [0, 0.05) is 24.6 Å². The van der Waals surface area contributed by atoms with Gasteiger partial charge in [-0.2, -0.15) is 4.39 Å². The van der Waals surface area contributed by atoms with Gasteiger partial charge in [-0.15, -0.1) is 0 Å². The monoisotopic (exact) mass is 415 g/mol. The standard InChI is InChI=1S/C19H14FN3O7/c20-14-6-3-12(9-15(14)23(28)29)21-16(24)10-30-19(27)11-1-4-13(5-2-11)22-17(25)7-8-18(22)26/h1-6,9H,7-8,10H2,(H,21,24). The number of anilines is 2. The first-order valence-corrected chi connectivity index (χ1v) is 8.63. The highest BCUT2D eigenvalue weighted by Gasteiger charge is 2.30. The molecule has 3 amide bonds. The fourth-order valence-corrected chi connectivity index (χ4v) is 2.75. The lowest BCUT2D eigenvalue weighted by atomic mass is 10.2. The second-order valence-electron chi connectivity index (χ2n) is 6.22. The maximum atomic E-state index is 13.3. The number of nitro benzene ring substituents is 1. The van der Waals surface area contributed by atoms with Crippen LogP contribution in [0.5, 0.6) is 0 Å². The minimum atomic E-state index is -1.05. The van der Waals surface area contributed by atoms with Crippen molar-refractivity contribution in [2.24, 2.45) is 0 Å². The summed E-state index contributed by atoms with van der Waals surface area (Å²) in [6.45, 7) is -0.686. The zero-order chi connectivity index (χ0) is 21.8. The molecule has 0 saturated carbocycles. The van der Waals surface area contributed by atoms with Crippen LogP contribution in [0, 0.1) is 15.9 Å². The smallest absolute Gasteiger partial charge is 0.338 e. The molecule has 1 aliphatic rings. The van der Waals surface area contributed by atoms with Crippen molar-refractivity contribution < 1.29 is 33.2 Å². The lowest BCUT2D eigenvalue weighted by Crippen LogP contribution is -2.28. The molecule has 0 aromatic heterocycles. The van der Waals surface area contributed by atoms with Crippen molar-refractivity contribution in [3.05, 3.63) is 64.0 Å². The van der Waals surface area contributed by atoms with Gasteiger partial charge in [0.15, 0.2) is 6.61 Å². The van der Waals surface area contributed by atoms with Crippen molar-refractivity contribution >= 4 is 40.8 Å². The molecule has 0 bridgehead atoms. The molecule has 0 radical (unpaired) electrons. The predicted molar refractivity (Wildman–Crippen MR) is 100 cm³/mol. The van der Waals surface area contributed by atoms with Crippen molar-refractivity contribution in [1.82, 2.24) is 0 Å². The van der Waals surface area contributed by atoms with Crippen molar-refractivity contribution in [3.63, 3.8) is 0 Å². The normalized spacial score (nSPS) is 13.3. The Bertz CT molecular complexity index is 1040. The van der Waals surface area contributed by atoms with Crippen LogP contribution in [0.2, 0.25) is 0 Å². The molecule has 1 saturated heterocycles. The zero-order valence-corrected chi connectivity index (χ0v) is 15.3. The van der Waals surface area contributed by atoms with Gasteiger partial charge in [0.2, 0.25) is 17.6 Å². The Labute approximate surface area is 168 Å². The fourth-order valence-electron chi connectivity index (χ4n) is 2.75. The van der Waals surface area contributed by atoms with E-state index < -0.39 is 34.9 Å². The Hall–Kier alpha value is -4.15. The van der Waals surface area contributed by atoms with E-state index in [0.717, 1.165) is 23.1 Å². The molecular formula is C19H14FN3O7. The first kappa shape index (κ1) is 20.6. The van der Waals surface area contributed by atoms with Gasteiger partial charge in [-0.1, -0.05) is 0 Å². The van der Waals surface area contributed by atoms with E-state index in [-0.39, 0.29) is 35.9 Å². The summed E-state index contributed by atoms with van der Waals surface area (Å²) in [6.07, 6.45) is 0.268. The number of hydrogen-bond acceptors (Lipinski definition) is 7. The van der Waals surface area contributed by atoms with Gasteiger partial charge >= 0.3 is 11.7 Å². The minimum absolute atomic E-state index is 0.0338. The summed E-state index contributed by atoms with van der Waals surface area (Å²) < 4.78 is 18.2. The molecule has 3 rings (SSSR count). The lowest BCUT2D eigenvalue weighted by Gasteiger charge is -2.14. The number of nitro groups is 1. The van der Waals surface area contributed by atoms with Gasteiger partial charge in [-0.25, -0.2) is 4.79 Å². The molecule has 1 heterocycles. The van der Waals surface area contributed by atoms with Crippen molar-refractivity contribution in [2.45, 2.75) is 12.8 Å². The molecule has 1 N–H and O–H groups in total. The van der Waals surface area contributed by atoms with Crippen LogP contribution in [-0.4, -0.2) is 35.2 Å². The molecule has 10 nitrogen and oxygen atoms in total. The number of halogens is 1. The number of rotatable bonds is 6. The van der Waals surface area contributed by atoms with Crippen molar-refractivity contribution in [1.29, 1.82) is 0 Å². The number of carbonyl (C=O) groups is 4.